The van der Waals surface area contributed by atoms with Crippen LogP contribution in [0.15, 0.2) is 60.8 Å². The lowest BCUT2D eigenvalue weighted by molar-refractivity contribution is -0.137. The van der Waals surface area contributed by atoms with Gasteiger partial charge in [-0.1, -0.05) is 24.3 Å². The summed E-state index contributed by atoms with van der Waals surface area (Å²) in [6, 6.07) is 13.8. The van der Waals surface area contributed by atoms with Gasteiger partial charge in [-0.25, -0.2) is 4.98 Å². The first kappa shape index (κ1) is 18.7. The Morgan fingerprint density at radius 1 is 1.07 bits per heavy atom. The third-order valence-corrected chi connectivity index (χ3v) is 4.60. The molecule has 0 bridgehead atoms. The quantitative estimate of drug-likeness (QED) is 0.499. The van der Waals surface area contributed by atoms with Gasteiger partial charge in [0.2, 0.25) is 0 Å². The molecular weight excluding hydrogens is 381 g/mol. The van der Waals surface area contributed by atoms with Crippen LogP contribution < -0.4 is 5.32 Å². The van der Waals surface area contributed by atoms with E-state index in [2.05, 4.69) is 20.5 Å². The minimum atomic E-state index is -4.45. The highest BCUT2D eigenvalue weighted by Gasteiger charge is 2.30. The number of halogens is 3. The molecule has 2 aromatic carbocycles. The van der Waals surface area contributed by atoms with Crippen LogP contribution in [0.3, 0.4) is 0 Å². The monoisotopic (exact) mass is 400 g/mol. The molecule has 0 aliphatic rings. The summed E-state index contributed by atoms with van der Waals surface area (Å²) in [5, 5.41) is 10.1. The Bertz CT molecular complexity index is 1220. The average molecular weight is 400 g/mol. The molecule has 0 atom stereocenters. The number of pyridine rings is 1. The normalized spacial score (nSPS) is 11.6. The van der Waals surface area contributed by atoms with Gasteiger partial charge in [0.15, 0.2) is 5.65 Å². The molecule has 0 spiro atoms. The van der Waals surface area contributed by atoms with E-state index in [9.17, 15) is 18.0 Å². The Hall–Kier alpha value is -3.68. The van der Waals surface area contributed by atoms with E-state index >= 15 is 0 Å². The number of carbonyl (C=O) groups excluding carboxylic acids is 1. The molecule has 0 aliphatic heterocycles. The Morgan fingerprint density at radius 2 is 1.83 bits per heavy atom. The van der Waals surface area contributed by atoms with Crippen LogP contribution >= 0.6 is 0 Å². The largest absolute Gasteiger partial charge is 0.416 e. The number of benzene rings is 2. The molecule has 0 fully saturated rings. The average Bonchev–Trinajstić information content (AvgIpc) is 3.17. The molecule has 2 aromatic heterocycles. The van der Waals surface area contributed by atoms with Crippen LogP contribution in [0.5, 0.6) is 0 Å². The number of aromatic amines is 1. The molecule has 0 unspecified atom stereocenters. The molecule has 1 amide bonds. The molecule has 0 radical (unpaired) electrons. The standard InChI is InChI=1S/C21H15F3N4O.2H2/c1-25-20(29)14-6-2-4-12(10-14)16-8-9-26-19-17(16)18(27-28-19)13-5-3-7-15(11-13)21(22,23)24;;/h2-11H,1H3,(H,25,29)(H,26,27,28);2*1H. The van der Waals surface area contributed by atoms with Crippen molar-refractivity contribution in [3.63, 3.8) is 0 Å². The zero-order chi connectivity index (χ0) is 20.6. The number of H-pyrrole nitrogens is 1. The molecule has 4 aromatic rings. The molecule has 29 heavy (non-hydrogen) atoms. The SMILES string of the molecule is CNC(=O)c1cccc(-c2ccnc3n[nH]c(-c4cccc(C(F)(F)F)c4)c23)c1.[HH].[HH]. The predicted molar refractivity (Wildman–Crippen MR) is 107 cm³/mol. The molecule has 4 rings (SSSR count). The highest BCUT2D eigenvalue weighted by molar-refractivity contribution is 6.03. The topological polar surface area (TPSA) is 70.7 Å². The van der Waals surface area contributed by atoms with Gasteiger partial charge in [-0.2, -0.15) is 18.3 Å². The first-order chi connectivity index (χ1) is 13.9. The number of fused-ring (bicyclic) bond motifs is 1. The van der Waals surface area contributed by atoms with Crippen molar-refractivity contribution < 1.29 is 20.8 Å². The molecule has 2 N–H and O–H groups in total. The van der Waals surface area contributed by atoms with Gasteiger partial charge in [0, 0.05) is 27.2 Å². The summed E-state index contributed by atoms with van der Waals surface area (Å²) < 4.78 is 39.4. The second-order valence-electron chi connectivity index (χ2n) is 6.39. The maximum atomic E-state index is 13.1. The van der Waals surface area contributed by atoms with Crippen molar-refractivity contribution in [3.8, 4) is 22.4 Å². The van der Waals surface area contributed by atoms with Crippen LogP contribution in [0, 0.1) is 0 Å². The first-order valence-electron chi connectivity index (χ1n) is 8.71. The van der Waals surface area contributed by atoms with E-state index in [0.29, 0.717) is 33.4 Å². The van der Waals surface area contributed by atoms with Crippen molar-refractivity contribution in [2.24, 2.45) is 0 Å². The lowest BCUT2D eigenvalue weighted by Gasteiger charge is -2.10. The fourth-order valence-electron chi connectivity index (χ4n) is 3.22. The minimum Gasteiger partial charge on any atom is -0.355 e. The predicted octanol–water partition coefficient (Wildman–Crippen LogP) is 5.16. The van der Waals surface area contributed by atoms with Crippen molar-refractivity contribution in [1.82, 2.24) is 20.5 Å². The van der Waals surface area contributed by atoms with E-state index in [4.69, 9.17) is 0 Å². The summed E-state index contributed by atoms with van der Waals surface area (Å²) in [6.45, 7) is 0. The van der Waals surface area contributed by atoms with Crippen molar-refractivity contribution in [1.29, 1.82) is 0 Å². The van der Waals surface area contributed by atoms with Crippen LogP contribution in [-0.4, -0.2) is 28.1 Å². The highest BCUT2D eigenvalue weighted by atomic mass is 19.4. The summed E-state index contributed by atoms with van der Waals surface area (Å²) in [5.74, 6) is -0.234. The second-order valence-corrected chi connectivity index (χ2v) is 6.39. The smallest absolute Gasteiger partial charge is 0.355 e. The number of aromatic nitrogens is 3. The number of nitrogens with one attached hydrogen (secondary N) is 2. The van der Waals surface area contributed by atoms with Gasteiger partial charge in [-0.3, -0.25) is 9.89 Å². The Labute approximate surface area is 166 Å². The fraction of sp³-hybridized carbons (Fsp3) is 0.0952. The van der Waals surface area contributed by atoms with E-state index in [-0.39, 0.29) is 8.76 Å². The lowest BCUT2D eigenvalue weighted by Crippen LogP contribution is -2.17. The number of alkyl halides is 3. The third kappa shape index (κ3) is 3.44. The zero-order valence-corrected chi connectivity index (χ0v) is 15.2. The number of nitrogens with zero attached hydrogens (tertiary/aromatic N) is 2. The number of hydrogen-bond donors (Lipinski definition) is 2. The van der Waals surface area contributed by atoms with Gasteiger partial charge in [-0.15, -0.1) is 0 Å². The van der Waals surface area contributed by atoms with Crippen LogP contribution in [0.25, 0.3) is 33.4 Å². The summed E-state index contributed by atoms with van der Waals surface area (Å²) in [7, 11) is 1.54. The van der Waals surface area contributed by atoms with Gasteiger partial charge < -0.3 is 5.32 Å². The summed E-state index contributed by atoms with van der Waals surface area (Å²) in [4.78, 5) is 16.2. The summed E-state index contributed by atoms with van der Waals surface area (Å²) >= 11 is 0. The first-order valence-corrected chi connectivity index (χ1v) is 8.71. The summed E-state index contributed by atoms with van der Waals surface area (Å²) in [5.41, 5.74) is 2.32. The van der Waals surface area contributed by atoms with Gasteiger partial charge in [0.25, 0.3) is 5.91 Å². The Kier molecular flexibility index (Phi) is 4.54. The van der Waals surface area contributed by atoms with Gasteiger partial charge in [0.05, 0.1) is 16.6 Å². The van der Waals surface area contributed by atoms with Gasteiger partial charge in [0.1, 0.15) is 0 Å². The minimum absolute atomic E-state index is 0. The molecule has 5 nitrogen and oxygen atoms in total. The maximum absolute atomic E-state index is 13.1. The van der Waals surface area contributed by atoms with Crippen molar-refractivity contribution in [3.05, 3.63) is 71.9 Å². The number of carbonyl (C=O) groups is 1. The van der Waals surface area contributed by atoms with Crippen molar-refractivity contribution in [2.45, 2.75) is 6.18 Å². The summed E-state index contributed by atoms with van der Waals surface area (Å²) in [6.07, 6.45) is -2.88. The van der Waals surface area contributed by atoms with E-state index < -0.39 is 11.7 Å². The van der Waals surface area contributed by atoms with Crippen molar-refractivity contribution >= 4 is 16.9 Å². The third-order valence-electron chi connectivity index (χ3n) is 4.60. The van der Waals surface area contributed by atoms with Gasteiger partial charge >= 0.3 is 6.18 Å². The zero-order valence-electron chi connectivity index (χ0n) is 15.2. The molecule has 0 saturated carbocycles. The van der Waals surface area contributed by atoms with Gasteiger partial charge in [-0.05, 0) is 41.5 Å². The van der Waals surface area contributed by atoms with Crippen LogP contribution in [0.2, 0.25) is 0 Å². The lowest BCUT2D eigenvalue weighted by atomic mass is 9.97. The molecular formula is C21H19F3N4O. The van der Waals surface area contributed by atoms with Crippen molar-refractivity contribution in [2.75, 3.05) is 7.05 Å². The number of rotatable bonds is 3. The van der Waals surface area contributed by atoms with Crippen LogP contribution in [0.4, 0.5) is 13.2 Å². The Balaban J connectivity index is 0.00000171. The highest BCUT2D eigenvalue weighted by Crippen LogP contribution is 2.37. The molecule has 0 aliphatic carbocycles. The number of hydrogen-bond acceptors (Lipinski definition) is 3. The molecule has 0 saturated heterocycles. The number of amides is 1. The van der Waals surface area contributed by atoms with E-state index in [0.717, 1.165) is 17.7 Å². The molecule has 2 heterocycles. The molecule has 150 valence electrons. The van der Waals surface area contributed by atoms with E-state index in [1.165, 1.54) is 6.07 Å². The van der Waals surface area contributed by atoms with Crippen LogP contribution in [0.1, 0.15) is 18.8 Å². The maximum Gasteiger partial charge on any atom is 0.416 e. The Morgan fingerprint density at radius 3 is 2.59 bits per heavy atom. The molecule has 8 heteroatoms. The van der Waals surface area contributed by atoms with Crippen LogP contribution in [-0.2, 0) is 6.18 Å². The van der Waals surface area contributed by atoms with E-state index in [1.807, 2.05) is 6.07 Å². The fourth-order valence-corrected chi connectivity index (χ4v) is 3.22. The second kappa shape index (κ2) is 7.05. The van der Waals surface area contributed by atoms with E-state index in [1.54, 1.807) is 43.6 Å².